The summed E-state index contributed by atoms with van der Waals surface area (Å²) in [6.45, 7) is 0.621. The Kier molecular flexibility index (Phi) is 3.96. The van der Waals surface area contributed by atoms with Gasteiger partial charge < -0.3 is 15.0 Å². The van der Waals surface area contributed by atoms with E-state index in [0.29, 0.717) is 12.1 Å². The molecule has 5 heteroatoms. The van der Waals surface area contributed by atoms with Gasteiger partial charge in [-0.2, -0.15) is 0 Å². The molecular weight excluding hydrogens is 280 g/mol. The zero-order chi connectivity index (χ0) is 15.5. The molecule has 0 bridgehead atoms. The average molecular weight is 298 g/mol. The van der Waals surface area contributed by atoms with Crippen LogP contribution in [0.3, 0.4) is 0 Å². The lowest BCUT2D eigenvalue weighted by Crippen LogP contribution is -2.36. The van der Waals surface area contributed by atoms with E-state index in [1.807, 2.05) is 36.5 Å². The number of hydrogen-bond donors (Lipinski definition) is 2. The van der Waals surface area contributed by atoms with Crippen LogP contribution in [0.25, 0.3) is 11.1 Å². The Morgan fingerprint density at radius 1 is 1.23 bits per heavy atom. The topological polar surface area (TPSA) is 73.4 Å². The number of carboxylic acid groups (broad SMARTS) is 1. The van der Waals surface area contributed by atoms with Crippen molar-refractivity contribution >= 4 is 11.9 Å². The lowest BCUT2D eigenvalue weighted by molar-refractivity contribution is -0.137. The van der Waals surface area contributed by atoms with Crippen molar-refractivity contribution in [3.8, 4) is 11.1 Å². The van der Waals surface area contributed by atoms with Crippen LogP contribution < -0.4 is 0 Å². The summed E-state index contributed by atoms with van der Waals surface area (Å²) in [4.78, 5) is 28.5. The molecule has 22 heavy (non-hydrogen) atoms. The number of rotatable bonds is 4. The first kappa shape index (κ1) is 14.4. The van der Waals surface area contributed by atoms with Crippen molar-refractivity contribution in [2.24, 2.45) is 0 Å². The highest BCUT2D eigenvalue weighted by atomic mass is 16.4. The molecule has 2 heterocycles. The molecule has 2 aromatic rings. The van der Waals surface area contributed by atoms with Gasteiger partial charge in [0.1, 0.15) is 0 Å². The molecule has 0 radical (unpaired) electrons. The molecule has 3 rings (SSSR count). The predicted octanol–water partition coefficient (Wildman–Crippen LogP) is 2.76. The van der Waals surface area contributed by atoms with Crippen LogP contribution in [0.1, 0.15) is 29.6 Å². The molecule has 0 aliphatic carbocycles. The molecule has 1 fully saturated rings. The summed E-state index contributed by atoms with van der Waals surface area (Å²) in [5.74, 6) is -0.953. The van der Waals surface area contributed by atoms with E-state index in [9.17, 15) is 9.59 Å². The Morgan fingerprint density at radius 3 is 2.73 bits per heavy atom. The van der Waals surface area contributed by atoms with Gasteiger partial charge in [0, 0.05) is 30.5 Å². The molecular formula is C17H18N2O3. The van der Waals surface area contributed by atoms with Gasteiger partial charge in [-0.1, -0.05) is 30.3 Å². The summed E-state index contributed by atoms with van der Waals surface area (Å²) in [7, 11) is 0. The third kappa shape index (κ3) is 2.74. The van der Waals surface area contributed by atoms with Gasteiger partial charge in [0.2, 0.25) is 0 Å². The summed E-state index contributed by atoms with van der Waals surface area (Å²) in [5.41, 5.74) is 2.43. The Bertz CT molecular complexity index is 678. The lowest BCUT2D eigenvalue weighted by atomic mass is 10.0. The fourth-order valence-electron chi connectivity index (χ4n) is 3.07. The third-order valence-electron chi connectivity index (χ3n) is 4.11. The normalized spacial score (nSPS) is 17.6. The second-order valence-electron chi connectivity index (χ2n) is 5.54. The van der Waals surface area contributed by atoms with E-state index in [4.69, 9.17) is 5.11 Å². The largest absolute Gasteiger partial charge is 0.481 e. The molecule has 1 amide bonds. The van der Waals surface area contributed by atoms with Crippen LogP contribution in [0.2, 0.25) is 0 Å². The van der Waals surface area contributed by atoms with Crippen molar-refractivity contribution in [2.45, 2.75) is 25.3 Å². The number of nitrogens with one attached hydrogen (secondary N) is 1. The number of aromatic amines is 1. The number of carbonyl (C=O) groups excluding carboxylic acids is 1. The zero-order valence-electron chi connectivity index (χ0n) is 12.2. The van der Waals surface area contributed by atoms with Crippen LogP contribution in [0.15, 0.2) is 42.7 Å². The average Bonchev–Trinajstić information content (AvgIpc) is 3.16. The first-order valence-electron chi connectivity index (χ1n) is 7.42. The number of carboxylic acids is 1. The molecule has 0 saturated carbocycles. The summed E-state index contributed by atoms with van der Waals surface area (Å²) in [6.07, 6.45) is 5.13. The standard InChI is InChI=1S/C17H18N2O3/c20-16(21)9-13-7-4-8-19(13)17(22)15-11-18-10-14(15)12-5-2-1-3-6-12/h1-3,5-6,10-11,13,18H,4,7-9H2,(H,20,21). The number of H-pyrrole nitrogens is 1. The van der Waals surface area contributed by atoms with Crippen LogP contribution in [0.5, 0.6) is 0 Å². The molecule has 5 nitrogen and oxygen atoms in total. The van der Waals surface area contributed by atoms with E-state index in [2.05, 4.69) is 4.98 Å². The van der Waals surface area contributed by atoms with Crippen molar-refractivity contribution < 1.29 is 14.7 Å². The highest BCUT2D eigenvalue weighted by Gasteiger charge is 2.32. The van der Waals surface area contributed by atoms with Gasteiger partial charge in [-0.15, -0.1) is 0 Å². The smallest absolute Gasteiger partial charge is 0.305 e. The number of nitrogens with zero attached hydrogens (tertiary/aromatic N) is 1. The number of aliphatic carboxylic acids is 1. The molecule has 1 saturated heterocycles. The van der Waals surface area contributed by atoms with Gasteiger partial charge in [0.25, 0.3) is 5.91 Å². The molecule has 114 valence electrons. The Hall–Kier alpha value is -2.56. The Morgan fingerprint density at radius 2 is 2.00 bits per heavy atom. The fourth-order valence-corrected chi connectivity index (χ4v) is 3.07. The van der Waals surface area contributed by atoms with Crippen LogP contribution in [-0.4, -0.2) is 39.5 Å². The number of aromatic nitrogens is 1. The minimum Gasteiger partial charge on any atom is -0.481 e. The van der Waals surface area contributed by atoms with Gasteiger partial charge in [-0.3, -0.25) is 9.59 Å². The van der Waals surface area contributed by atoms with E-state index in [1.165, 1.54) is 0 Å². The predicted molar refractivity (Wildman–Crippen MR) is 82.5 cm³/mol. The molecule has 1 aromatic heterocycles. The minimum absolute atomic E-state index is 0.0107. The van der Waals surface area contributed by atoms with Gasteiger partial charge in [0.05, 0.1) is 12.0 Å². The summed E-state index contributed by atoms with van der Waals surface area (Å²) < 4.78 is 0. The van der Waals surface area contributed by atoms with Crippen molar-refractivity contribution in [2.75, 3.05) is 6.54 Å². The molecule has 1 atom stereocenters. The van der Waals surface area contributed by atoms with E-state index < -0.39 is 5.97 Å². The Labute approximate surface area is 128 Å². The van der Waals surface area contributed by atoms with Crippen LogP contribution in [0, 0.1) is 0 Å². The SMILES string of the molecule is O=C(O)CC1CCCN1C(=O)c1c[nH]cc1-c1ccccc1. The maximum Gasteiger partial charge on any atom is 0.305 e. The minimum atomic E-state index is -0.859. The molecule has 0 spiro atoms. The highest BCUT2D eigenvalue weighted by molar-refractivity contribution is 6.01. The number of amides is 1. The molecule has 1 aromatic carbocycles. The highest BCUT2D eigenvalue weighted by Crippen LogP contribution is 2.28. The monoisotopic (exact) mass is 298 g/mol. The number of benzene rings is 1. The van der Waals surface area contributed by atoms with Crippen molar-refractivity contribution in [3.05, 3.63) is 48.3 Å². The maximum absolute atomic E-state index is 12.8. The van der Waals surface area contributed by atoms with Gasteiger partial charge in [-0.25, -0.2) is 0 Å². The van der Waals surface area contributed by atoms with Crippen LogP contribution >= 0.6 is 0 Å². The van der Waals surface area contributed by atoms with Crippen molar-refractivity contribution in [3.63, 3.8) is 0 Å². The molecule has 2 N–H and O–H groups in total. The summed E-state index contributed by atoms with van der Waals surface area (Å²) in [5, 5.41) is 8.99. The zero-order valence-corrected chi connectivity index (χ0v) is 12.2. The quantitative estimate of drug-likeness (QED) is 0.911. The van der Waals surface area contributed by atoms with E-state index in [1.54, 1.807) is 11.1 Å². The van der Waals surface area contributed by atoms with Gasteiger partial charge in [-0.05, 0) is 18.4 Å². The lowest BCUT2D eigenvalue weighted by Gasteiger charge is -2.23. The van der Waals surface area contributed by atoms with E-state index in [-0.39, 0.29) is 18.4 Å². The van der Waals surface area contributed by atoms with Gasteiger partial charge >= 0.3 is 5.97 Å². The summed E-state index contributed by atoms with van der Waals surface area (Å²) >= 11 is 0. The van der Waals surface area contributed by atoms with Crippen molar-refractivity contribution in [1.82, 2.24) is 9.88 Å². The van der Waals surface area contributed by atoms with Crippen LogP contribution in [0.4, 0.5) is 0 Å². The maximum atomic E-state index is 12.8. The molecule has 1 unspecified atom stereocenters. The molecule has 1 aliphatic heterocycles. The molecule has 1 aliphatic rings. The van der Waals surface area contributed by atoms with Crippen molar-refractivity contribution in [1.29, 1.82) is 0 Å². The summed E-state index contributed by atoms with van der Waals surface area (Å²) in [6, 6.07) is 9.50. The van der Waals surface area contributed by atoms with E-state index >= 15 is 0 Å². The second kappa shape index (κ2) is 6.05. The number of likely N-dealkylation sites (tertiary alicyclic amines) is 1. The first-order chi connectivity index (χ1) is 10.7. The Balaban J connectivity index is 1.87. The van der Waals surface area contributed by atoms with Gasteiger partial charge in [0.15, 0.2) is 0 Å². The number of hydrogen-bond acceptors (Lipinski definition) is 2. The number of carbonyl (C=O) groups is 2. The second-order valence-corrected chi connectivity index (χ2v) is 5.54. The fraction of sp³-hybridized carbons (Fsp3) is 0.294. The van der Waals surface area contributed by atoms with Crippen LogP contribution in [-0.2, 0) is 4.79 Å². The first-order valence-corrected chi connectivity index (χ1v) is 7.42. The van der Waals surface area contributed by atoms with E-state index in [0.717, 1.165) is 24.0 Å². The third-order valence-corrected chi connectivity index (χ3v) is 4.11.